The van der Waals surface area contributed by atoms with E-state index < -0.39 is 18.1 Å². The standard InChI is InChI=1S/C22H23NO4/c1-3-14(2)12-20(21(24)25)23-22(26)27-13-19-17-10-6-4-8-15(17)16-9-5-7-11-18(16)19/h3-11,14,19-20H,1,12-13H2,2H3,(H,23,26)(H,24,25). The summed E-state index contributed by atoms with van der Waals surface area (Å²) in [6.45, 7) is 5.65. The fourth-order valence-electron chi connectivity index (χ4n) is 3.47. The Labute approximate surface area is 158 Å². The van der Waals surface area contributed by atoms with Crippen LogP contribution in [0.5, 0.6) is 0 Å². The number of carbonyl (C=O) groups is 2. The van der Waals surface area contributed by atoms with Gasteiger partial charge < -0.3 is 15.2 Å². The lowest BCUT2D eigenvalue weighted by Crippen LogP contribution is -2.42. The smallest absolute Gasteiger partial charge is 0.407 e. The van der Waals surface area contributed by atoms with E-state index >= 15 is 0 Å². The van der Waals surface area contributed by atoms with Crippen LogP contribution in [0.2, 0.25) is 0 Å². The van der Waals surface area contributed by atoms with Crippen LogP contribution in [0.1, 0.15) is 30.4 Å². The van der Waals surface area contributed by atoms with Crippen molar-refractivity contribution < 1.29 is 19.4 Å². The molecule has 0 fully saturated rings. The van der Waals surface area contributed by atoms with Crippen LogP contribution in [0.3, 0.4) is 0 Å². The fraction of sp³-hybridized carbons (Fsp3) is 0.273. The summed E-state index contributed by atoms with van der Waals surface area (Å²) >= 11 is 0. The van der Waals surface area contributed by atoms with Crippen LogP contribution >= 0.6 is 0 Å². The average molecular weight is 365 g/mol. The highest BCUT2D eigenvalue weighted by Crippen LogP contribution is 2.44. The summed E-state index contributed by atoms with van der Waals surface area (Å²) in [7, 11) is 0. The van der Waals surface area contributed by atoms with Crippen LogP contribution in [-0.4, -0.2) is 29.8 Å². The van der Waals surface area contributed by atoms with Crippen LogP contribution in [0.25, 0.3) is 11.1 Å². The van der Waals surface area contributed by atoms with Gasteiger partial charge in [0.25, 0.3) is 0 Å². The van der Waals surface area contributed by atoms with E-state index in [0.29, 0.717) is 0 Å². The molecule has 0 radical (unpaired) electrons. The molecule has 0 heterocycles. The number of amides is 1. The van der Waals surface area contributed by atoms with E-state index in [1.807, 2.05) is 43.3 Å². The van der Waals surface area contributed by atoms with Gasteiger partial charge in [-0.25, -0.2) is 9.59 Å². The number of carboxylic acid groups (broad SMARTS) is 1. The van der Waals surface area contributed by atoms with Gasteiger partial charge in [0.1, 0.15) is 12.6 Å². The van der Waals surface area contributed by atoms with Crippen molar-refractivity contribution in [1.82, 2.24) is 5.32 Å². The number of carbonyl (C=O) groups excluding carboxylic acids is 1. The van der Waals surface area contributed by atoms with Crippen LogP contribution in [0.15, 0.2) is 61.2 Å². The molecule has 1 aliphatic rings. The maximum atomic E-state index is 12.2. The minimum absolute atomic E-state index is 0.0278. The van der Waals surface area contributed by atoms with Gasteiger partial charge in [0.05, 0.1) is 0 Å². The molecule has 5 nitrogen and oxygen atoms in total. The molecular weight excluding hydrogens is 342 g/mol. The quantitative estimate of drug-likeness (QED) is 0.722. The van der Waals surface area contributed by atoms with Crippen molar-refractivity contribution in [3.63, 3.8) is 0 Å². The molecular formula is C22H23NO4. The Morgan fingerprint density at radius 1 is 1.15 bits per heavy atom. The van der Waals surface area contributed by atoms with Crippen LogP contribution < -0.4 is 5.32 Å². The average Bonchev–Trinajstić information content (AvgIpc) is 2.99. The minimum atomic E-state index is -1.09. The van der Waals surface area contributed by atoms with Crippen LogP contribution in [0.4, 0.5) is 4.79 Å². The first-order valence-electron chi connectivity index (χ1n) is 8.98. The molecule has 2 unspecified atom stereocenters. The van der Waals surface area contributed by atoms with E-state index in [0.717, 1.165) is 22.3 Å². The molecule has 2 aromatic carbocycles. The zero-order valence-electron chi connectivity index (χ0n) is 15.2. The maximum Gasteiger partial charge on any atom is 0.407 e. The van der Waals surface area contributed by atoms with Gasteiger partial charge in [0.15, 0.2) is 0 Å². The Hall–Kier alpha value is -3.08. The molecule has 2 aromatic rings. The lowest BCUT2D eigenvalue weighted by atomic mass is 9.98. The van der Waals surface area contributed by atoms with Gasteiger partial charge in [-0.15, -0.1) is 6.58 Å². The lowest BCUT2D eigenvalue weighted by molar-refractivity contribution is -0.139. The van der Waals surface area contributed by atoms with E-state index in [2.05, 4.69) is 24.0 Å². The highest BCUT2D eigenvalue weighted by atomic mass is 16.5. The molecule has 140 valence electrons. The first kappa shape index (κ1) is 18.7. The monoisotopic (exact) mass is 365 g/mol. The largest absolute Gasteiger partial charge is 0.480 e. The molecule has 3 rings (SSSR count). The topological polar surface area (TPSA) is 75.6 Å². The highest BCUT2D eigenvalue weighted by Gasteiger charge is 2.29. The summed E-state index contributed by atoms with van der Waals surface area (Å²) in [6, 6.07) is 15.1. The Kier molecular flexibility index (Phi) is 5.60. The number of aliphatic carboxylic acids is 1. The molecule has 5 heteroatoms. The third-order valence-corrected chi connectivity index (χ3v) is 4.94. The van der Waals surface area contributed by atoms with Crippen molar-refractivity contribution in [2.45, 2.75) is 25.3 Å². The normalized spacial score (nSPS) is 14.6. The highest BCUT2D eigenvalue weighted by molar-refractivity contribution is 5.81. The van der Waals surface area contributed by atoms with Gasteiger partial charge in [-0.3, -0.25) is 0 Å². The van der Waals surface area contributed by atoms with E-state index in [4.69, 9.17) is 4.74 Å². The third kappa shape index (κ3) is 4.03. The van der Waals surface area contributed by atoms with E-state index in [1.54, 1.807) is 6.08 Å². The Bertz CT molecular complexity index is 815. The number of nitrogens with one attached hydrogen (secondary N) is 1. The number of alkyl carbamates (subject to hydrolysis) is 1. The lowest BCUT2D eigenvalue weighted by Gasteiger charge is -2.18. The van der Waals surface area contributed by atoms with Gasteiger partial charge in [-0.1, -0.05) is 61.5 Å². The number of rotatable bonds is 7. The molecule has 2 N–H and O–H groups in total. The number of hydrogen-bond donors (Lipinski definition) is 2. The molecule has 0 spiro atoms. The van der Waals surface area contributed by atoms with Crippen molar-refractivity contribution >= 4 is 12.1 Å². The van der Waals surface area contributed by atoms with Crippen molar-refractivity contribution in [2.75, 3.05) is 6.61 Å². The number of ether oxygens (including phenoxy) is 1. The number of hydrogen-bond acceptors (Lipinski definition) is 3. The molecule has 1 amide bonds. The minimum Gasteiger partial charge on any atom is -0.480 e. The second-order valence-electron chi connectivity index (χ2n) is 6.81. The summed E-state index contributed by atoms with van der Waals surface area (Å²) in [6.07, 6.45) is 1.21. The second-order valence-corrected chi connectivity index (χ2v) is 6.81. The van der Waals surface area contributed by atoms with Crippen molar-refractivity contribution in [3.05, 3.63) is 72.3 Å². The molecule has 0 aliphatic heterocycles. The van der Waals surface area contributed by atoms with Gasteiger partial charge in [0.2, 0.25) is 0 Å². The van der Waals surface area contributed by atoms with Crippen molar-refractivity contribution in [3.8, 4) is 11.1 Å². The predicted octanol–water partition coefficient (Wildman–Crippen LogP) is 4.19. The molecule has 1 aliphatic carbocycles. The van der Waals surface area contributed by atoms with Crippen molar-refractivity contribution in [1.29, 1.82) is 0 Å². The predicted molar refractivity (Wildman–Crippen MR) is 104 cm³/mol. The molecule has 0 saturated carbocycles. The summed E-state index contributed by atoms with van der Waals surface area (Å²) in [5, 5.41) is 11.7. The van der Waals surface area contributed by atoms with Gasteiger partial charge >= 0.3 is 12.1 Å². The number of fused-ring (bicyclic) bond motifs is 3. The Balaban J connectivity index is 1.68. The molecule has 2 atom stereocenters. The van der Waals surface area contributed by atoms with E-state index in [-0.39, 0.29) is 24.9 Å². The SMILES string of the molecule is C=CC(C)CC(NC(=O)OCC1c2ccccc2-c2ccccc21)C(=O)O. The maximum absolute atomic E-state index is 12.2. The number of carboxylic acids is 1. The summed E-state index contributed by atoms with van der Waals surface area (Å²) < 4.78 is 5.40. The fourth-order valence-corrected chi connectivity index (χ4v) is 3.47. The third-order valence-electron chi connectivity index (χ3n) is 4.94. The summed E-state index contributed by atoms with van der Waals surface area (Å²) in [4.78, 5) is 23.6. The zero-order valence-corrected chi connectivity index (χ0v) is 15.2. The molecule has 27 heavy (non-hydrogen) atoms. The Morgan fingerprint density at radius 3 is 2.22 bits per heavy atom. The van der Waals surface area contributed by atoms with Gasteiger partial charge in [0, 0.05) is 5.92 Å². The van der Waals surface area contributed by atoms with Crippen LogP contribution in [0, 0.1) is 5.92 Å². The number of allylic oxidation sites excluding steroid dienone is 1. The molecule has 0 bridgehead atoms. The summed E-state index contributed by atoms with van der Waals surface area (Å²) in [5.74, 6) is -1.17. The van der Waals surface area contributed by atoms with E-state index in [9.17, 15) is 14.7 Å². The first-order chi connectivity index (χ1) is 13.0. The summed E-state index contributed by atoms with van der Waals surface area (Å²) in [5.41, 5.74) is 4.51. The molecule has 0 aromatic heterocycles. The Morgan fingerprint density at radius 2 is 1.70 bits per heavy atom. The number of benzene rings is 2. The first-order valence-corrected chi connectivity index (χ1v) is 8.98. The van der Waals surface area contributed by atoms with Gasteiger partial charge in [-0.05, 0) is 34.6 Å². The van der Waals surface area contributed by atoms with Crippen LogP contribution in [-0.2, 0) is 9.53 Å². The second kappa shape index (κ2) is 8.08. The van der Waals surface area contributed by atoms with Crippen molar-refractivity contribution in [2.24, 2.45) is 5.92 Å². The van der Waals surface area contributed by atoms with Gasteiger partial charge in [-0.2, -0.15) is 0 Å². The molecule has 0 saturated heterocycles. The van der Waals surface area contributed by atoms with E-state index in [1.165, 1.54) is 0 Å². The zero-order chi connectivity index (χ0) is 19.4.